The van der Waals surface area contributed by atoms with Gasteiger partial charge in [0.05, 0.1) is 6.54 Å². The summed E-state index contributed by atoms with van der Waals surface area (Å²) in [5.74, 6) is -0.220. The van der Waals surface area contributed by atoms with E-state index in [-0.39, 0.29) is 12.5 Å². The molecule has 0 aliphatic heterocycles. The molecule has 0 saturated carbocycles. The number of hydrogen-bond donors (Lipinski definition) is 1. The molecule has 1 amide bonds. The van der Waals surface area contributed by atoms with Crippen LogP contribution >= 0.6 is 0 Å². The van der Waals surface area contributed by atoms with Crippen molar-refractivity contribution in [2.24, 2.45) is 5.73 Å². The van der Waals surface area contributed by atoms with Gasteiger partial charge < -0.3 is 5.73 Å². The van der Waals surface area contributed by atoms with Gasteiger partial charge in [0.25, 0.3) is 5.91 Å². The molecule has 0 spiro atoms. The Balaban J connectivity index is 3.00. The first-order valence-corrected chi connectivity index (χ1v) is 2.21. The molecule has 7 heavy (non-hydrogen) atoms. The summed E-state index contributed by atoms with van der Waals surface area (Å²) in [4.78, 5) is 10.1. The van der Waals surface area contributed by atoms with Crippen LogP contribution in [0.25, 0.3) is 0 Å². The van der Waals surface area contributed by atoms with Crippen LogP contribution in [-0.4, -0.2) is 19.0 Å². The molecule has 0 unspecified atom stereocenters. The zero-order valence-electron chi connectivity index (χ0n) is 4.35. The van der Waals surface area contributed by atoms with Crippen LogP contribution in [0.2, 0.25) is 0 Å². The highest BCUT2D eigenvalue weighted by Gasteiger charge is 1.91. The summed E-state index contributed by atoms with van der Waals surface area (Å²) in [6.45, 7) is 2.37. The molecular formula is C4H9N2O. The normalized spacial score (nSPS) is 8.29. The summed E-state index contributed by atoms with van der Waals surface area (Å²) in [7, 11) is 0. The van der Waals surface area contributed by atoms with E-state index in [2.05, 4.69) is 5.32 Å². The third-order valence-electron chi connectivity index (χ3n) is 0.509. The summed E-state index contributed by atoms with van der Waals surface area (Å²) in [6, 6.07) is 0. The second-order valence-electron chi connectivity index (χ2n) is 1.07. The number of carbonyl (C=O) groups excluding carboxylic acids is 1. The fourth-order valence-electron chi connectivity index (χ4n) is 0.241. The van der Waals surface area contributed by atoms with Crippen molar-refractivity contribution in [2.45, 2.75) is 6.92 Å². The summed E-state index contributed by atoms with van der Waals surface area (Å²) in [5, 5.41) is 3.48. The van der Waals surface area contributed by atoms with Gasteiger partial charge in [-0.05, 0) is 6.92 Å². The standard InChI is InChI=1S/C4H9N2O/c1-2-6-4(7)3-5/h2-3,5H2,1H3. The molecule has 3 nitrogen and oxygen atoms in total. The van der Waals surface area contributed by atoms with E-state index in [1.807, 2.05) is 0 Å². The van der Waals surface area contributed by atoms with Gasteiger partial charge >= 0.3 is 0 Å². The molecule has 0 saturated heterocycles. The van der Waals surface area contributed by atoms with E-state index in [4.69, 9.17) is 5.73 Å². The SMILES string of the molecule is CC[N]C(=O)CN. The summed E-state index contributed by atoms with van der Waals surface area (Å²) in [5.41, 5.74) is 4.91. The Morgan fingerprint density at radius 2 is 2.43 bits per heavy atom. The molecule has 0 rings (SSSR count). The highest BCUT2D eigenvalue weighted by molar-refractivity contribution is 5.77. The number of nitrogens with zero attached hydrogens (tertiary/aromatic N) is 1. The van der Waals surface area contributed by atoms with E-state index in [1.54, 1.807) is 6.92 Å². The largest absolute Gasteiger partial charge is 0.322 e. The van der Waals surface area contributed by atoms with E-state index in [0.29, 0.717) is 6.54 Å². The Morgan fingerprint density at radius 1 is 1.86 bits per heavy atom. The van der Waals surface area contributed by atoms with Gasteiger partial charge in [-0.15, -0.1) is 0 Å². The molecule has 2 N–H and O–H groups in total. The van der Waals surface area contributed by atoms with E-state index in [9.17, 15) is 4.79 Å². The molecule has 0 aliphatic carbocycles. The van der Waals surface area contributed by atoms with Crippen molar-refractivity contribution >= 4 is 5.91 Å². The van der Waals surface area contributed by atoms with Crippen molar-refractivity contribution in [3.05, 3.63) is 0 Å². The van der Waals surface area contributed by atoms with Crippen LogP contribution in [0.5, 0.6) is 0 Å². The number of nitrogens with two attached hydrogens (primary N) is 1. The Bertz CT molecular complexity index is 62.7. The molecule has 0 atom stereocenters. The fraction of sp³-hybridized carbons (Fsp3) is 0.750. The lowest BCUT2D eigenvalue weighted by molar-refractivity contribution is -0.119. The minimum absolute atomic E-state index is 0.0356. The predicted octanol–water partition coefficient (Wildman–Crippen LogP) is -0.904. The number of carbonyl (C=O) groups is 1. The predicted molar refractivity (Wildman–Crippen MR) is 26.7 cm³/mol. The average molecular weight is 101 g/mol. The first-order valence-electron chi connectivity index (χ1n) is 2.21. The lowest BCUT2D eigenvalue weighted by Gasteiger charge is -1.89. The van der Waals surface area contributed by atoms with E-state index in [0.717, 1.165) is 0 Å². The highest BCUT2D eigenvalue weighted by Crippen LogP contribution is 1.59. The van der Waals surface area contributed by atoms with Crippen molar-refractivity contribution in [3.8, 4) is 0 Å². The number of amides is 1. The van der Waals surface area contributed by atoms with Crippen LogP contribution in [0.15, 0.2) is 0 Å². The zero-order chi connectivity index (χ0) is 5.70. The van der Waals surface area contributed by atoms with Crippen LogP contribution in [0, 0.1) is 0 Å². The maximum atomic E-state index is 10.1. The lowest BCUT2D eigenvalue weighted by atomic mass is 10.6. The molecular weight excluding hydrogens is 92.1 g/mol. The van der Waals surface area contributed by atoms with Gasteiger partial charge in [0.2, 0.25) is 0 Å². The van der Waals surface area contributed by atoms with Crippen molar-refractivity contribution in [1.82, 2.24) is 5.32 Å². The average Bonchev–Trinajstić information content (AvgIpc) is 1.68. The molecule has 0 aromatic rings. The minimum atomic E-state index is -0.220. The zero-order valence-corrected chi connectivity index (χ0v) is 4.35. The van der Waals surface area contributed by atoms with Crippen molar-refractivity contribution < 1.29 is 4.79 Å². The smallest absolute Gasteiger partial charge is 0.254 e. The van der Waals surface area contributed by atoms with Crippen LogP contribution in [0.3, 0.4) is 0 Å². The molecule has 3 heteroatoms. The number of rotatable bonds is 2. The van der Waals surface area contributed by atoms with Gasteiger partial charge in [-0.3, -0.25) is 10.1 Å². The van der Waals surface area contributed by atoms with Gasteiger partial charge in [-0.1, -0.05) is 0 Å². The molecule has 41 valence electrons. The molecule has 0 fully saturated rings. The molecule has 0 heterocycles. The maximum absolute atomic E-state index is 10.1. The summed E-state index contributed by atoms with van der Waals surface area (Å²) in [6.07, 6.45) is 0. The molecule has 1 radical (unpaired) electrons. The van der Waals surface area contributed by atoms with E-state index in [1.165, 1.54) is 0 Å². The van der Waals surface area contributed by atoms with Crippen molar-refractivity contribution in [3.63, 3.8) is 0 Å². The maximum Gasteiger partial charge on any atom is 0.254 e. The third kappa shape index (κ3) is 3.26. The van der Waals surface area contributed by atoms with E-state index >= 15 is 0 Å². The Morgan fingerprint density at radius 3 is 2.57 bits per heavy atom. The molecule has 0 bridgehead atoms. The van der Waals surface area contributed by atoms with E-state index < -0.39 is 0 Å². The van der Waals surface area contributed by atoms with Crippen molar-refractivity contribution in [2.75, 3.05) is 13.1 Å². The van der Waals surface area contributed by atoms with Gasteiger partial charge in [-0.25, -0.2) is 0 Å². The number of likely N-dealkylation sites (N-methyl/N-ethyl adjacent to an activating group) is 1. The Hall–Kier alpha value is -0.570. The lowest BCUT2D eigenvalue weighted by Crippen LogP contribution is -2.23. The Kier molecular flexibility index (Phi) is 3.32. The van der Waals surface area contributed by atoms with Crippen LogP contribution in [0.1, 0.15) is 6.92 Å². The quantitative estimate of drug-likeness (QED) is 0.490. The first-order chi connectivity index (χ1) is 3.31. The minimum Gasteiger partial charge on any atom is -0.322 e. The fourth-order valence-corrected chi connectivity index (χ4v) is 0.241. The second-order valence-corrected chi connectivity index (χ2v) is 1.07. The monoisotopic (exact) mass is 101 g/mol. The van der Waals surface area contributed by atoms with Gasteiger partial charge in [0.1, 0.15) is 0 Å². The topological polar surface area (TPSA) is 57.2 Å². The molecule has 0 aromatic carbocycles. The third-order valence-corrected chi connectivity index (χ3v) is 0.509. The first kappa shape index (κ1) is 6.43. The second kappa shape index (κ2) is 3.61. The van der Waals surface area contributed by atoms with Crippen molar-refractivity contribution in [1.29, 1.82) is 0 Å². The summed E-state index contributed by atoms with van der Waals surface area (Å²) >= 11 is 0. The summed E-state index contributed by atoms with van der Waals surface area (Å²) < 4.78 is 0. The van der Waals surface area contributed by atoms with Gasteiger partial charge in [0.15, 0.2) is 0 Å². The number of hydrogen-bond acceptors (Lipinski definition) is 2. The van der Waals surface area contributed by atoms with Gasteiger partial charge in [-0.2, -0.15) is 0 Å². The Labute approximate surface area is 42.9 Å². The molecule has 0 aliphatic rings. The van der Waals surface area contributed by atoms with Crippen LogP contribution < -0.4 is 11.1 Å². The molecule has 0 aromatic heterocycles. The van der Waals surface area contributed by atoms with Gasteiger partial charge in [0, 0.05) is 6.54 Å². The highest BCUT2D eigenvalue weighted by atomic mass is 16.1. The van der Waals surface area contributed by atoms with Crippen LogP contribution in [0.4, 0.5) is 0 Å². The van der Waals surface area contributed by atoms with Crippen LogP contribution in [-0.2, 0) is 4.79 Å².